The number of phenolic OH excluding ortho intramolecular Hbond substituents is 1. The Morgan fingerprint density at radius 3 is 2.69 bits per heavy atom. The smallest absolute Gasteiger partial charge is 0.121 e. The zero-order chi connectivity index (χ0) is 10.0. The molecule has 0 saturated carbocycles. The fourth-order valence-corrected chi connectivity index (χ4v) is 1.23. The zero-order valence-electron chi connectivity index (χ0n) is 7.08. The van der Waals surface area contributed by atoms with Crippen LogP contribution in [0.25, 0.3) is 0 Å². The highest BCUT2D eigenvalue weighted by Gasteiger charge is 2.10. The van der Waals surface area contributed by atoms with Gasteiger partial charge >= 0.3 is 0 Å². The molecule has 0 aliphatic carbocycles. The minimum atomic E-state index is -0.315. The zero-order valence-corrected chi connectivity index (χ0v) is 7.84. The SMILES string of the molecule is C[C@@H](N)c1cc(C#N)c(Cl)cc1O. The van der Waals surface area contributed by atoms with Gasteiger partial charge in [-0.3, -0.25) is 0 Å². The van der Waals surface area contributed by atoms with E-state index in [1.165, 1.54) is 12.1 Å². The molecule has 0 aliphatic heterocycles. The Kier molecular flexibility index (Phi) is 2.76. The molecule has 0 spiro atoms. The number of phenols is 1. The van der Waals surface area contributed by atoms with Crippen molar-refractivity contribution >= 4 is 11.6 Å². The molecule has 1 aromatic carbocycles. The number of hydrogen-bond donors (Lipinski definition) is 2. The van der Waals surface area contributed by atoms with E-state index < -0.39 is 0 Å². The molecule has 68 valence electrons. The molecule has 0 aromatic heterocycles. The summed E-state index contributed by atoms with van der Waals surface area (Å²) in [6, 6.07) is 4.44. The molecule has 0 aliphatic rings. The van der Waals surface area contributed by atoms with Crippen LogP contribution in [0, 0.1) is 11.3 Å². The van der Waals surface area contributed by atoms with Crippen LogP contribution in [-0.2, 0) is 0 Å². The van der Waals surface area contributed by atoms with E-state index >= 15 is 0 Å². The summed E-state index contributed by atoms with van der Waals surface area (Å²) in [5, 5.41) is 18.3. The topological polar surface area (TPSA) is 70.0 Å². The number of aromatic hydroxyl groups is 1. The maximum atomic E-state index is 9.41. The fourth-order valence-electron chi connectivity index (χ4n) is 1.03. The number of benzene rings is 1. The standard InChI is InChI=1S/C9H9ClN2O/c1-5(12)7-2-6(4-11)8(10)3-9(7)13/h2-3,5,13H,12H2,1H3/t5-/m1/s1. The van der Waals surface area contributed by atoms with Gasteiger partial charge in [0.2, 0.25) is 0 Å². The van der Waals surface area contributed by atoms with E-state index in [1.807, 2.05) is 6.07 Å². The van der Waals surface area contributed by atoms with Crippen LogP contribution in [0.3, 0.4) is 0 Å². The van der Waals surface area contributed by atoms with Gasteiger partial charge in [-0.15, -0.1) is 0 Å². The average Bonchev–Trinajstić information content (AvgIpc) is 2.03. The molecule has 0 fully saturated rings. The van der Waals surface area contributed by atoms with Crippen LogP contribution in [-0.4, -0.2) is 5.11 Å². The second-order valence-corrected chi connectivity index (χ2v) is 3.20. The largest absolute Gasteiger partial charge is 0.508 e. The maximum absolute atomic E-state index is 9.41. The highest BCUT2D eigenvalue weighted by molar-refractivity contribution is 6.31. The van der Waals surface area contributed by atoms with Crippen LogP contribution in [0.1, 0.15) is 24.1 Å². The van der Waals surface area contributed by atoms with E-state index in [9.17, 15) is 5.11 Å². The van der Waals surface area contributed by atoms with Gasteiger partial charge < -0.3 is 10.8 Å². The molecule has 1 rings (SSSR count). The average molecular weight is 197 g/mol. The monoisotopic (exact) mass is 196 g/mol. The lowest BCUT2D eigenvalue weighted by molar-refractivity contribution is 0.464. The Labute approximate surface area is 81.4 Å². The summed E-state index contributed by atoms with van der Waals surface area (Å²) in [7, 11) is 0. The molecule has 0 heterocycles. The Morgan fingerprint density at radius 2 is 2.23 bits per heavy atom. The summed E-state index contributed by atoms with van der Waals surface area (Å²) < 4.78 is 0. The first-order valence-corrected chi connectivity index (χ1v) is 4.12. The van der Waals surface area contributed by atoms with Crippen molar-refractivity contribution in [2.24, 2.45) is 5.73 Å². The van der Waals surface area contributed by atoms with Crippen LogP contribution in [0.5, 0.6) is 5.75 Å². The van der Waals surface area contributed by atoms with Crippen molar-refractivity contribution in [3.05, 3.63) is 28.3 Å². The Bertz CT molecular complexity index is 369. The number of nitrogens with zero attached hydrogens (tertiary/aromatic N) is 1. The molecule has 1 atom stereocenters. The van der Waals surface area contributed by atoms with Crippen molar-refractivity contribution in [3.63, 3.8) is 0 Å². The van der Waals surface area contributed by atoms with Gasteiger partial charge in [0.05, 0.1) is 10.6 Å². The summed E-state index contributed by atoms with van der Waals surface area (Å²) in [4.78, 5) is 0. The van der Waals surface area contributed by atoms with E-state index in [1.54, 1.807) is 6.92 Å². The Balaban J connectivity index is 3.33. The third-order valence-electron chi connectivity index (χ3n) is 1.73. The van der Waals surface area contributed by atoms with Gasteiger partial charge in [-0.1, -0.05) is 11.6 Å². The molecule has 0 bridgehead atoms. The number of hydrogen-bond acceptors (Lipinski definition) is 3. The molecule has 4 heteroatoms. The van der Waals surface area contributed by atoms with Gasteiger partial charge in [0.15, 0.2) is 0 Å². The van der Waals surface area contributed by atoms with Gasteiger partial charge in [0, 0.05) is 17.7 Å². The van der Waals surface area contributed by atoms with Crippen molar-refractivity contribution in [2.75, 3.05) is 0 Å². The lowest BCUT2D eigenvalue weighted by Crippen LogP contribution is -2.05. The van der Waals surface area contributed by atoms with Crippen LogP contribution in [0.4, 0.5) is 0 Å². The predicted octanol–water partition coefficient (Wildman–Crippen LogP) is 1.94. The minimum Gasteiger partial charge on any atom is -0.508 e. The molecule has 3 N–H and O–H groups in total. The van der Waals surface area contributed by atoms with Crippen molar-refractivity contribution in [2.45, 2.75) is 13.0 Å². The van der Waals surface area contributed by atoms with Gasteiger partial charge in [0.25, 0.3) is 0 Å². The van der Waals surface area contributed by atoms with E-state index in [0.717, 1.165) is 0 Å². The summed E-state index contributed by atoms with van der Waals surface area (Å²) >= 11 is 5.68. The van der Waals surface area contributed by atoms with Crippen LogP contribution >= 0.6 is 11.6 Å². The third-order valence-corrected chi connectivity index (χ3v) is 2.04. The molecular formula is C9H9ClN2O. The molecule has 0 saturated heterocycles. The quantitative estimate of drug-likeness (QED) is 0.721. The van der Waals surface area contributed by atoms with Crippen molar-refractivity contribution < 1.29 is 5.11 Å². The molecular weight excluding hydrogens is 188 g/mol. The van der Waals surface area contributed by atoms with Crippen molar-refractivity contribution in [3.8, 4) is 11.8 Å². The van der Waals surface area contributed by atoms with Gasteiger partial charge in [-0.05, 0) is 13.0 Å². The first kappa shape index (κ1) is 9.85. The predicted molar refractivity (Wildman–Crippen MR) is 50.4 cm³/mol. The maximum Gasteiger partial charge on any atom is 0.121 e. The summed E-state index contributed by atoms with van der Waals surface area (Å²) in [6.45, 7) is 1.73. The molecule has 1 aromatic rings. The first-order valence-electron chi connectivity index (χ1n) is 3.74. The molecule has 0 amide bonds. The molecule has 13 heavy (non-hydrogen) atoms. The van der Waals surface area contributed by atoms with E-state index in [-0.39, 0.29) is 16.8 Å². The lowest BCUT2D eigenvalue weighted by atomic mass is 10.1. The lowest BCUT2D eigenvalue weighted by Gasteiger charge is -2.09. The summed E-state index contributed by atoms with van der Waals surface area (Å²) in [6.07, 6.45) is 0. The Hall–Kier alpha value is -1.24. The van der Waals surface area contributed by atoms with Crippen molar-refractivity contribution in [1.82, 2.24) is 0 Å². The minimum absolute atomic E-state index is 0.0269. The normalized spacial score (nSPS) is 12.2. The molecule has 3 nitrogen and oxygen atoms in total. The first-order chi connectivity index (χ1) is 6.06. The highest BCUT2D eigenvalue weighted by atomic mass is 35.5. The van der Waals surface area contributed by atoms with Gasteiger partial charge in [-0.2, -0.15) is 5.26 Å². The fraction of sp³-hybridized carbons (Fsp3) is 0.222. The van der Waals surface area contributed by atoms with Gasteiger partial charge in [-0.25, -0.2) is 0 Å². The Morgan fingerprint density at radius 1 is 1.62 bits per heavy atom. The van der Waals surface area contributed by atoms with E-state index in [2.05, 4.69) is 0 Å². The molecule has 0 radical (unpaired) electrons. The van der Waals surface area contributed by atoms with Crippen LogP contribution in [0.2, 0.25) is 5.02 Å². The highest BCUT2D eigenvalue weighted by Crippen LogP contribution is 2.28. The van der Waals surface area contributed by atoms with Crippen molar-refractivity contribution in [1.29, 1.82) is 5.26 Å². The summed E-state index contributed by atoms with van der Waals surface area (Å²) in [5.74, 6) is 0.0269. The number of halogens is 1. The van der Waals surface area contributed by atoms with Crippen LogP contribution in [0.15, 0.2) is 12.1 Å². The summed E-state index contributed by atoms with van der Waals surface area (Å²) in [5.41, 5.74) is 6.43. The second-order valence-electron chi connectivity index (χ2n) is 2.79. The van der Waals surface area contributed by atoms with Crippen LogP contribution < -0.4 is 5.73 Å². The number of nitrogens with two attached hydrogens (primary N) is 1. The van der Waals surface area contributed by atoms with E-state index in [0.29, 0.717) is 11.1 Å². The van der Waals surface area contributed by atoms with E-state index in [4.69, 9.17) is 22.6 Å². The number of nitriles is 1. The second kappa shape index (κ2) is 3.65. The number of rotatable bonds is 1. The molecule has 0 unspecified atom stereocenters. The van der Waals surface area contributed by atoms with Gasteiger partial charge in [0.1, 0.15) is 11.8 Å². The third kappa shape index (κ3) is 1.92.